The van der Waals surface area contributed by atoms with Gasteiger partial charge in [0.15, 0.2) is 0 Å². The lowest BCUT2D eigenvalue weighted by Crippen LogP contribution is -1.75. The SMILES string of the molecule is C=CC=C1C=CCC=C1. The molecule has 0 spiro atoms. The Morgan fingerprint density at radius 2 is 2.00 bits per heavy atom. The third-order valence-corrected chi connectivity index (χ3v) is 1.20. The van der Waals surface area contributed by atoms with Crippen LogP contribution in [0.2, 0.25) is 0 Å². The molecule has 0 nitrogen and oxygen atoms in total. The van der Waals surface area contributed by atoms with Crippen LogP contribution in [0.15, 0.2) is 48.6 Å². The molecule has 0 heterocycles. The van der Waals surface area contributed by atoms with E-state index in [2.05, 4.69) is 30.9 Å². The maximum atomic E-state index is 3.61. The summed E-state index contributed by atoms with van der Waals surface area (Å²) in [7, 11) is 0. The molecule has 0 unspecified atom stereocenters. The molecule has 1 aliphatic rings. The average Bonchev–Trinajstić information content (AvgIpc) is 1.91. The van der Waals surface area contributed by atoms with E-state index < -0.39 is 0 Å². The van der Waals surface area contributed by atoms with Gasteiger partial charge in [-0.15, -0.1) is 0 Å². The second-order valence-electron chi connectivity index (χ2n) is 1.94. The lowest BCUT2D eigenvalue weighted by molar-refractivity contribution is 1.34. The smallest absolute Gasteiger partial charge is 0.0163 e. The number of allylic oxidation sites excluding steroid dienone is 7. The predicted octanol–water partition coefficient (Wildman–Crippen LogP) is 2.61. The van der Waals surface area contributed by atoms with E-state index in [1.54, 1.807) is 6.08 Å². The number of hydrogen-bond donors (Lipinski definition) is 0. The van der Waals surface area contributed by atoms with Crippen molar-refractivity contribution in [3.05, 3.63) is 48.6 Å². The summed E-state index contributed by atoms with van der Waals surface area (Å²) in [6.45, 7) is 3.61. The Morgan fingerprint density at radius 3 is 2.56 bits per heavy atom. The van der Waals surface area contributed by atoms with Gasteiger partial charge in [0.25, 0.3) is 0 Å². The molecule has 0 radical (unpaired) electrons. The van der Waals surface area contributed by atoms with Gasteiger partial charge in [0, 0.05) is 0 Å². The Bertz CT molecular complexity index is 166. The van der Waals surface area contributed by atoms with E-state index in [0.29, 0.717) is 0 Å². The first-order valence-corrected chi connectivity index (χ1v) is 3.09. The topological polar surface area (TPSA) is 0 Å². The van der Waals surface area contributed by atoms with Crippen LogP contribution in [0.25, 0.3) is 0 Å². The summed E-state index contributed by atoms with van der Waals surface area (Å²) in [5.74, 6) is 0. The maximum absolute atomic E-state index is 3.61. The Kier molecular flexibility index (Phi) is 2.08. The first-order chi connectivity index (χ1) is 4.43. The van der Waals surface area contributed by atoms with Gasteiger partial charge in [-0.2, -0.15) is 0 Å². The maximum Gasteiger partial charge on any atom is -0.0163 e. The van der Waals surface area contributed by atoms with E-state index in [1.165, 1.54) is 5.57 Å². The highest BCUT2D eigenvalue weighted by Crippen LogP contribution is 2.06. The van der Waals surface area contributed by atoms with Gasteiger partial charge in [0.05, 0.1) is 0 Å². The zero-order valence-electron chi connectivity index (χ0n) is 5.38. The summed E-state index contributed by atoms with van der Waals surface area (Å²) in [4.78, 5) is 0. The summed E-state index contributed by atoms with van der Waals surface area (Å²) in [5, 5.41) is 0. The van der Waals surface area contributed by atoms with E-state index in [-0.39, 0.29) is 0 Å². The normalized spacial score (nSPS) is 15.8. The zero-order valence-corrected chi connectivity index (χ0v) is 5.38. The number of rotatable bonds is 1. The molecule has 0 saturated heterocycles. The van der Waals surface area contributed by atoms with Crippen LogP contribution in [-0.4, -0.2) is 0 Å². The Labute approximate surface area is 55.9 Å². The molecule has 0 saturated carbocycles. The first-order valence-electron chi connectivity index (χ1n) is 3.09. The molecule has 0 N–H and O–H groups in total. The molecule has 0 heteroatoms. The second-order valence-corrected chi connectivity index (χ2v) is 1.94. The van der Waals surface area contributed by atoms with Gasteiger partial charge in [0.2, 0.25) is 0 Å². The van der Waals surface area contributed by atoms with Gasteiger partial charge in [-0.3, -0.25) is 0 Å². The first kappa shape index (κ1) is 6.09. The predicted molar refractivity (Wildman–Crippen MR) is 41.2 cm³/mol. The lowest BCUT2D eigenvalue weighted by atomic mass is 10.1. The third-order valence-electron chi connectivity index (χ3n) is 1.20. The summed E-state index contributed by atoms with van der Waals surface area (Å²) in [6, 6.07) is 0. The second kappa shape index (κ2) is 3.08. The van der Waals surface area contributed by atoms with Crippen LogP contribution in [0.5, 0.6) is 0 Å². The highest BCUT2D eigenvalue weighted by atomic mass is 13.9. The minimum absolute atomic E-state index is 1.06. The molecule has 0 aromatic heterocycles. The van der Waals surface area contributed by atoms with Crippen molar-refractivity contribution in [2.45, 2.75) is 6.42 Å². The molecule has 0 aromatic rings. The molecular weight excluding hydrogens is 108 g/mol. The van der Waals surface area contributed by atoms with Crippen molar-refractivity contribution in [3.8, 4) is 0 Å². The molecule has 1 aliphatic carbocycles. The third kappa shape index (κ3) is 1.73. The Balaban J connectivity index is 2.69. The highest BCUT2D eigenvalue weighted by Gasteiger charge is 1.86. The molecule has 0 bridgehead atoms. The molecular formula is C9H10. The van der Waals surface area contributed by atoms with Gasteiger partial charge in [-0.1, -0.05) is 43.0 Å². The van der Waals surface area contributed by atoms with Gasteiger partial charge < -0.3 is 0 Å². The van der Waals surface area contributed by atoms with Gasteiger partial charge in [-0.25, -0.2) is 0 Å². The van der Waals surface area contributed by atoms with Crippen molar-refractivity contribution in [3.63, 3.8) is 0 Å². The quantitative estimate of drug-likeness (QED) is 0.496. The highest BCUT2D eigenvalue weighted by molar-refractivity contribution is 5.36. The van der Waals surface area contributed by atoms with Crippen molar-refractivity contribution in [2.75, 3.05) is 0 Å². The molecule has 0 fully saturated rings. The lowest BCUT2D eigenvalue weighted by Gasteiger charge is -1.95. The summed E-state index contributed by atoms with van der Waals surface area (Å²) >= 11 is 0. The molecule has 0 amide bonds. The Morgan fingerprint density at radius 1 is 1.33 bits per heavy atom. The summed E-state index contributed by atoms with van der Waals surface area (Å²) < 4.78 is 0. The van der Waals surface area contributed by atoms with Gasteiger partial charge in [0.1, 0.15) is 0 Å². The molecule has 46 valence electrons. The van der Waals surface area contributed by atoms with Crippen molar-refractivity contribution < 1.29 is 0 Å². The van der Waals surface area contributed by atoms with Crippen LogP contribution in [0.3, 0.4) is 0 Å². The fourth-order valence-electron chi connectivity index (χ4n) is 0.790. The number of hydrogen-bond acceptors (Lipinski definition) is 0. The minimum Gasteiger partial charge on any atom is -0.0990 e. The summed E-state index contributed by atoms with van der Waals surface area (Å²) in [5.41, 5.74) is 1.23. The van der Waals surface area contributed by atoms with Gasteiger partial charge in [-0.05, 0) is 12.0 Å². The summed E-state index contributed by atoms with van der Waals surface area (Å²) in [6.07, 6.45) is 13.3. The Hall–Kier alpha value is -1.04. The average molecular weight is 118 g/mol. The van der Waals surface area contributed by atoms with E-state index in [4.69, 9.17) is 0 Å². The van der Waals surface area contributed by atoms with Crippen molar-refractivity contribution >= 4 is 0 Å². The van der Waals surface area contributed by atoms with Crippen LogP contribution < -0.4 is 0 Å². The van der Waals surface area contributed by atoms with Crippen molar-refractivity contribution in [1.29, 1.82) is 0 Å². The zero-order chi connectivity index (χ0) is 6.53. The fraction of sp³-hybridized carbons (Fsp3) is 0.111. The monoisotopic (exact) mass is 118 g/mol. The van der Waals surface area contributed by atoms with Crippen LogP contribution in [0.1, 0.15) is 6.42 Å². The molecule has 9 heavy (non-hydrogen) atoms. The van der Waals surface area contributed by atoms with Crippen LogP contribution in [0, 0.1) is 0 Å². The molecule has 0 atom stereocenters. The van der Waals surface area contributed by atoms with Gasteiger partial charge >= 0.3 is 0 Å². The minimum atomic E-state index is 1.06. The van der Waals surface area contributed by atoms with Crippen molar-refractivity contribution in [1.82, 2.24) is 0 Å². The van der Waals surface area contributed by atoms with E-state index in [1.807, 2.05) is 6.08 Å². The van der Waals surface area contributed by atoms with Crippen LogP contribution in [-0.2, 0) is 0 Å². The van der Waals surface area contributed by atoms with E-state index in [9.17, 15) is 0 Å². The fourth-order valence-corrected chi connectivity index (χ4v) is 0.790. The molecule has 0 aliphatic heterocycles. The van der Waals surface area contributed by atoms with Crippen LogP contribution >= 0.6 is 0 Å². The standard InChI is InChI=1S/C9H10/c1-2-6-9-7-4-3-5-8-9/h2,4-8H,1,3H2. The van der Waals surface area contributed by atoms with E-state index in [0.717, 1.165) is 6.42 Å². The molecule has 1 rings (SSSR count). The van der Waals surface area contributed by atoms with E-state index >= 15 is 0 Å². The van der Waals surface area contributed by atoms with Crippen LogP contribution in [0.4, 0.5) is 0 Å². The molecule has 0 aromatic carbocycles. The largest absolute Gasteiger partial charge is 0.0990 e. The van der Waals surface area contributed by atoms with Crippen molar-refractivity contribution in [2.24, 2.45) is 0 Å².